The Balaban J connectivity index is 1.73. The van der Waals surface area contributed by atoms with Gasteiger partial charge in [0.25, 0.3) is 0 Å². The Bertz CT molecular complexity index is 666. The van der Waals surface area contributed by atoms with Crippen molar-refractivity contribution >= 4 is 5.78 Å². The average molecular weight is 295 g/mol. The van der Waals surface area contributed by atoms with Gasteiger partial charge in [-0.3, -0.25) is 4.79 Å². The first-order valence-corrected chi connectivity index (χ1v) is 7.70. The Labute approximate surface area is 131 Å². The van der Waals surface area contributed by atoms with Gasteiger partial charge in [0.1, 0.15) is 5.75 Å². The van der Waals surface area contributed by atoms with E-state index >= 15 is 0 Å². The van der Waals surface area contributed by atoms with Gasteiger partial charge >= 0.3 is 0 Å². The first-order valence-electron chi connectivity index (χ1n) is 7.70. The topological polar surface area (TPSA) is 38.3 Å². The Morgan fingerprint density at radius 3 is 2.64 bits per heavy atom. The first-order chi connectivity index (χ1) is 10.7. The molecule has 0 fully saturated rings. The molecule has 1 N–H and O–H groups in total. The van der Waals surface area contributed by atoms with Gasteiger partial charge in [0, 0.05) is 17.5 Å². The maximum absolute atomic E-state index is 12.4. The van der Waals surface area contributed by atoms with Crippen LogP contribution < -0.4 is 10.1 Å². The van der Waals surface area contributed by atoms with Gasteiger partial charge in [0.2, 0.25) is 0 Å². The smallest absolute Gasteiger partial charge is 0.167 e. The molecule has 0 bridgehead atoms. The van der Waals surface area contributed by atoms with Crippen molar-refractivity contribution < 1.29 is 9.53 Å². The molecule has 2 aromatic rings. The second-order valence-corrected chi connectivity index (χ2v) is 5.77. The van der Waals surface area contributed by atoms with Gasteiger partial charge in [-0.25, -0.2) is 0 Å². The van der Waals surface area contributed by atoms with Gasteiger partial charge < -0.3 is 10.1 Å². The summed E-state index contributed by atoms with van der Waals surface area (Å²) >= 11 is 0. The second-order valence-electron chi connectivity index (χ2n) is 5.77. The van der Waals surface area contributed by atoms with Crippen LogP contribution in [-0.2, 0) is 6.42 Å². The monoisotopic (exact) mass is 295 g/mol. The van der Waals surface area contributed by atoms with Crippen LogP contribution in [0.1, 0.15) is 34.5 Å². The van der Waals surface area contributed by atoms with Crippen LogP contribution in [0.15, 0.2) is 48.5 Å². The lowest BCUT2D eigenvalue weighted by molar-refractivity contribution is 0.0927. The van der Waals surface area contributed by atoms with Crippen molar-refractivity contribution in [1.82, 2.24) is 5.32 Å². The van der Waals surface area contributed by atoms with Crippen LogP contribution in [0.25, 0.3) is 0 Å². The van der Waals surface area contributed by atoms with Crippen molar-refractivity contribution in [3.8, 4) is 5.75 Å². The molecular formula is C19H21NO2. The van der Waals surface area contributed by atoms with Crippen molar-refractivity contribution in [3.05, 3.63) is 65.2 Å². The highest BCUT2D eigenvalue weighted by Gasteiger charge is 2.36. The molecular weight excluding hydrogens is 274 g/mol. The zero-order valence-corrected chi connectivity index (χ0v) is 13.0. The van der Waals surface area contributed by atoms with E-state index in [-0.39, 0.29) is 17.7 Å². The fourth-order valence-electron chi connectivity index (χ4n) is 3.12. The van der Waals surface area contributed by atoms with E-state index in [1.807, 2.05) is 31.2 Å². The first kappa shape index (κ1) is 14.8. The number of fused-ring (bicyclic) bond motifs is 1. The Kier molecular flexibility index (Phi) is 4.25. The molecule has 114 valence electrons. The largest absolute Gasteiger partial charge is 0.497 e. The summed E-state index contributed by atoms with van der Waals surface area (Å²) in [7, 11) is 1.65. The molecule has 0 spiro atoms. The van der Waals surface area contributed by atoms with Crippen LogP contribution in [0, 0.1) is 5.92 Å². The number of methoxy groups -OCH3 is 1. The highest BCUT2D eigenvalue weighted by Crippen LogP contribution is 2.37. The van der Waals surface area contributed by atoms with Gasteiger partial charge in [-0.15, -0.1) is 0 Å². The molecule has 0 radical (unpaired) electrons. The van der Waals surface area contributed by atoms with Crippen LogP contribution in [0.4, 0.5) is 0 Å². The third-order valence-corrected chi connectivity index (χ3v) is 4.39. The number of hydrogen-bond donors (Lipinski definition) is 1. The normalized spacial score (nSPS) is 20.0. The van der Waals surface area contributed by atoms with Crippen molar-refractivity contribution in [2.45, 2.75) is 19.4 Å². The maximum atomic E-state index is 12.4. The van der Waals surface area contributed by atoms with Crippen LogP contribution in [-0.4, -0.2) is 19.4 Å². The molecule has 1 aliphatic rings. The van der Waals surface area contributed by atoms with Crippen molar-refractivity contribution in [2.75, 3.05) is 13.7 Å². The van der Waals surface area contributed by atoms with Crippen LogP contribution in [0.2, 0.25) is 0 Å². The predicted molar refractivity (Wildman–Crippen MR) is 87.4 cm³/mol. The van der Waals surface area contributed by atoms with Gasteiger partial charge in [-0.05, 0) is 42.3 Å². The number of nitrogens with one attached hydrogen (secondary N) is 1. The number of hydrogen-bond acceptors (Lipinski definition) is 3. The quantitative estimate of drug-likeness (QED) is 0.918. The third kappa shape index (κ3) is 2.77. The molecule has 0 amide bonds. The number of carbonyl (C=O) groups excluding carboxylic acids is 1. The van der Waals surface area contributed by atoms with E-state index in [0.717, 1.165) is 29.8 Å². The molecule has 0 aromatic heterocycles. The SMILES string of the molecule is COc1ccc2c(c1)C(NCCc1ccccc1)C(C)C2=O. The summed E-state index contributed by atoms with van der Waals surface area (Å²) < 4.78 is 5.29. The molecule has 0 saturated carbocycles. The van der Waals surface area contributed by atoms with Crippen molar-refractivity contribution in [1.29, 1.82) is 0 Å². The summed E-state index contributed by atoms with van der Waals surface area (Å²) in [6.45, 7) is 2.85. The fraction of sp³-hybridized carbons (Fsp3) is 0.316. The van der Waals surface area contributed by atoms with Crippen molar-refractivity contribution in [3.63, 3.8) is 0 Å². The van der Waals surface area contributed by atoms with Gasteiger partial charge in [-0.1, -0.05) is 37.3 Å². The molecule has 2 atom stereocenters. The fourth-order valence-corrected chi connectivity index (χ4v) is 3.12. The third-order valence-electron chi connectivity index (χ3n) is 4.39. The van der Waals surface area contributed by atoms with E-state index in [1.165, 1.54) is 5.56 Å². The molecule has 3 rings (SSSR count). The lowest BCUT2D eigenvalue weighted by atomic mass is 10.0. The van der Waals surface area contributed by atoms with Crippen LogP contribution >= 0.6 is 0 Å². The number of rotatable bonds is 5. The van der Waals surface area contributed by atoms with Crippen LogP contribution in [0.5, 0.6) is 5.75 Å². The second kappa shape index (κ2) is 6.32. The number of Topliss-reactive ketones (excluding diaryl/α,β-unsaturated/α-hetero) is 1. The van der Waals surface area contributed by atoms with E-state index in [2.05, 4.69) is 29.6 Å². The predicted octanol–water partition coefficient (Wildman–Crippen LogP) is 3.40. The lowest BCUT2D eigenvalue weighted by Gasteiger charge is -2.18. The minimum absolute atomic E-state index is 0.0297. The standard InChI is InChI=1S/C19H21NO2/c1-13-18(20-11-10-14-6-4-3-5-7-14)17-12-15(22-2)8-9-16(17)19(13)21/h3-9,12-13,18,20H,10-11H2,1-2H3. The zero-order valence-electron chi connectivity index (χ0n) is 13.0. The molecule has 3 nitrogen and oxygen atoms in total. The molecule has 0 saturated heterocycles. The summed E-state index contributed by atoms with van der Waals surface area (Å²) in [6.07, 6.45) is 0.956. The summed E-state index contributed by atoms with van der Waals surface area (Å²) in [4.78, 5) is 12.4. The summed E-state index contributed by atoms with van der Waals surface area (Å²) in [5.74, 6) is 0.989. The van der Waals surface area contributed by atoms with Crippen molar-refractivity contribution in [2.24, 2.45) is 5.92 Å². The summed E-state index contributed by atoms with van der Waals surface area (Å²) in [6, 6.07) is 16.2. The van der Waals surface area contributed by atoms with E-state index in [0.29, 0.717) is 0 Å². The highest BCUT2D eigenvalue weighted by atomic mass is 16.5. The Hall–Kier alpha value is -2.13. The molecule has 0 aliphatic heterocycles. The van der Waals surface area contributed by atoms with Gasteiger partial charge in [-0.2, -0.15) is 0 Å². The van der Waals surface area contributed by atoms with Crippen LogP contribution in [0.3, 0.4) is 0 Å². The molecule has 2 aromatic carbocycles. The number of ether oxygens (including phenoxy) is 1. The Morgan fingerprint density at radius 1 is 1.14 bits per heavy atom. The lowest BCUT2D eigenvalue weighted by Crippen LogP contribution is -2.27. The van der Waals surface area contributed by atoms with E-state index in [9.17, 15) is 4.79 Å². The summed E-state index contributed by atoms with van der Waals surface area (Å²) in [5.41, 5.74) is 3.19. The Morgan fingerprint density at radius 2 is 1.91 bits per heavy atom. The molecule has 3 heteroatoms. The average Bonchev–Trinajstić information content (AvgIpc) is 2.80. The van der Waals surface area contributed by atoms with Gasteiger partial charge in [0.15, 0.2) is 5.78 Å². The maximum Gasteiger partial charge on any atom is 0.167 e. The highest BCUT2D eigenvalue weighted by molar-refractivity contribution is 6.03. The molecule has 1 aliphatic carbocycles. The molecule has 2 unspecified atom stereocenters. The van der Waals surface area contributed by atoms with E-state index < -0.39 is 0 Å². The van der Waals surface area contributed by atoms with E-state index in [1.54, 1.807) is 7.11 Å². The van der Waals surface area contributed by atoms with Gasteiger partial charge in [0.05, 0.1) is 7.11 Å². The number of benzene rings is 2. The number of carbonyl (C=O) groups is 1. The minimum atomic E-state index is -0.0297. The van der Waals surface area contributed by atoms with E-state index in [4.69, 9.17) is 4.74 Å². The minimum Gasteiger partial charge on any atom is -0.497 e. The summed E-state index contributed by atoms with van der Waals surface area (Å²) in [5, 5.41) is 3.54. The molecule has 0 heterocycles. The zero-order chi connectivity index (χ0) is 15.5. The molecule has 22 heavy (non-hydrogen) atoms. The number of ketones is 1.